The fraction of sp³-hybridized carbons (Fsp3) is 0.526. The summed E-state index contributed by atoms with van der Waals surface area (Å²) in [6.07, 6.45) is 3.61. The van der Waals surface area contributed by atoms with Crippen LogP contribution in [0.5, 0.6) is 0 Å². The van der Waals surface area contributed by atoms with Crippen LogP contribution in [-0.2, 0) is 16.0 Å². The van der Waals surface area contributed by atoms with E-state index in [4.69, 9.17) is 4.74 Å². The van der Waals surface area contributed by atoms with Crippen LogP contribution in [0.3, 0.4) is 0 Å². The fourth-order valence-electron chi connectivity index (χ4n) is 3.29. The molecule has 2 aromatic rings. The van der Waals surface area contributed by atoms with Crippen molar-refractivity contribution < 1.29 is 9.53 Å². The number of hydrogen-bond acceptors (Lipinski definition) is 5. The number of rotatable bonds is 5. The normalized spacial score (nSPS) is 16.1. The third-order valence-electron chi connectivity index (χ3n) is 4.73. The molecule has 0 saturated carbocycles. The zero-order valence-corrected chi connectivity index (χ0v) is 16.2. The predicted octanol–water partition coefficient (Wildman–Crippen LogP) is 2.69. The largest absolute Gasteiger partial charge is 0.469 e. The van der Waals surface area contributed by atoms with Crippen molar-refractivity contribution in [3.63, 3.8) is 0 Å². The smallest absolute Gasteiger partial charge is 0.308 e. The quantitative estimate of drug-likeness (QED) is 0.377. The van der Waals surface area contributed by atoms with E-state index >= 15 is 0 Å². The molecule has 0 atom stereocenters. The second-order valence-electron chi connectivity index (χ2n) is 6.44. The van der Waals surface area contributed by atoms with E-state index in [1.165, 1.54) is 16.8 Å². The summed E-state index contributed by atoms with van der Waals surface area (Å²) >= 11 is 1.77. The number of benzene rings is 1. The van der Waals surface area contributed by atoms with Crippen molar-refractivity contribution in [3.05, 3.63) is 29.3 Å². The van der Waals surface area contributed by atoms with Gasteiger partial charge >= 0.3 is 5.97 Å². The maximum Gasteiger partial charge on any atom is 0.308 e. The van der Waals surface area contributed by atoms with Gasteiger partial charge in [-0.1, -0.05) is 12.1 Å². The van der Waals surface area contributed by atoms with Crippen LogP contribution in [0.4, 0.5) is 0 Å². The summed E-state index contributed by atoms with van der Waals surface area (Å²) in [7, 11) is 3.27. The van der Waals surface area contributed by atoms with E-state index in [1.807, 2.05) is 13.1 Å². The highest BCUT2D eigenvalue weighted by Crippen LogP contribution is 2.22. The molecule has 1 aliphatic heterocycles. The lowest BCUT2D eigenvalue weighted by Crippen LogP contribution is -2.46. The summed E-state index contributed by atoms with van der Waals surface area (Å²) in [6, 6.07) is 8.27. The molecule has 0 spiro atoms. The maximum absolute atomic E-state index is 11.6. The topological polar surface area (TPSA) is 66.8 Å². The van der Waals surface area contributed by atoms with Gasteiger partial charge in [0.25, 0.3) is 0 Å². The van der Waals surface area contributed by atoms with Gasteiger partial charge in [0.05, 0.1) is 28.3 Å². The zero-order chi connectivity index (χ0) is 18.4. The van der Waals surface area contributed by atoms with Crippen LogP contribution in [0.25, 0.3) is 10.2 Å². The van der Waals surface area contributed by atoms with E-state index in [0.717, 1.165) is 56.8 Å². The number of aromatic nitrogens is 1. The van der Waals surface area contributed by atoms with Gasteiger partial charge in [0.2, 0.25) is 0 Å². The van der Waals surface area contributed by atoms with Crippen LogP contribution in [0.1, 0.15) is 24.3 Å². The number of carbonyl (C=O) groups excluding carboxylic acids is 1. The lowest BCUT2D eigenvalue weighted by Gasteiger charge is -2.33. The van der Waals surface area contributed by atoms with E-state index in [2.05, 4.69) is 38.4 Å². The van der Waals surface area contributed by atoms with E-state index < -0.39 is 0 Å². The molecule has 1 saturated heterocycles. The molecule has 26 heavy (non-hydrogen) atoms. The molecule has 0 amide bonds. The summed E-state index contributed by atoms with van der Waals surface area (Å²) in [6.45, 7) is 2.52. The Morgan fingerprint density at radius 2 is 2.15 bits per heavy atom. The number of esters is 1. The van der Waals surface area contributed by atoms with Gasteiger partial charge in [0.1, 0.15) is 0 Å². The number of thiazole rings is 1. The lowest BCUT2D eigenvalue weighted by molar-refractivity contribution is -0.146. The van der Waals surface area contributed by atoms with Gasteiger partial charge < -0.3 is 15.0 Å². The zero-order valence-electron chi connectivity index (χ0n) is 15.4. The van der Waals surface area contributed by atoms with E-state index in [1.54, 1.807) is 11.3 Å². The lowest BCUT2D eigenvalue weighted by atomic mass is 9.97. The molecular weight excluding hydrogens is 348 g/mol. The maximum atomic E-state index is 11.6. The van der Waals surface area contributed by atoms with E-state index in [-0.39, 0.29) is 11.9 Å². The minimum Gasteiger partial charge on any atom is -0.469 e. The first-order chi connectivity index (χ1) is 12.7. The highest BCUT2D eigenvalue weighted by atomic mass is 32.1. The summed E-state index contributed by atoms with van der Waals surface area (Å²) in [4.78, 5) is 22.9. The Morgan fingerprint density at radius 1 is 1.38 bits per heavy atom. The third kappa shape index (κ3) is 4.52. The number of nitrogens with one attached hydrogen (secondary N) is 1. The number of para-hydroxylation sites is 1. The van der Waals surface area contributed by atoms with Crippen LogP contribution >= 0.6 is 11.3 Å². The van der Waals surface area contributed by atoms with E-state index in [0.29, 0.717) is 0 Å². The summed E-state index contributed by atoms with van der Waals surface area (Å²) in [5.74, 6) is 0.842. The van der Waals surface area contributed by atoms with Crippen molar-refractivity contribution in [1.82, 2.24) is 15.2 Å². The molecule has 0 radical (unpaired) electrons. The van der Waals surface area contributed by atoms with Crippen molar-refractivity contribution in [3.8, 4) is 0 Å². The first-order valence-electron chi connectivity index (χ1n) is 9.09. The average molecular weight is 375 g/mol. The van der Waals surface area contributed by atoms with Gasteiger partial charge in [-0.15, -0.1) is 11.3 Å². The van der Waals surface area contributed by atoms with Crippen molar-refractivity contribution in [2.45, 2.75) is 25.7 Å². The predicted molar refractivity (Wildman–Crippen MR) is 106 cm³/mol. The van der Waals surface area contributed by atoms with Gasteiger partial charge in [0.15, 0.2) is 5.96 Å². The molecule has 1 aromatic carbocycles. The Hall–Kier alpha value is -2.15. The third-order valence-corrected chi connectivity index (χ3v) is 5.83. The van der Waals surface area contributed by atoms with Gasteiger partial charge in [-0.25, -0.2) is 4.98 Å². The van der Waals surface area contributed by atoms with Crippen molar-refractivity contribution in [1.29, 1.82) is 0 Å². The second-order valence-corrected chi connectivity index (χ2v) is 7.55. The number of carbonyl (C=O) groups is 1. The first kappa shape index (κ1) is 18.6. The number of fused-ring (bicyclic) bond motifs is 1. The molecule has 1 aliphatic rings. The van der Waals surface area contributed by atoms with Gasteiger partial charge in [-0.2, -0.15) is 0 Å². The number of nitrogens with zero attached hydrogens (tertiary/aromatic N) is 3. The Bertz CT molecular complexity index is 733. The SMILES string of the molecule is CN=C(NCCCc1nc2ccccc2s1)N1CCC(C(=O)OC)CC1. The first-order valence-corrected chi connectivity index (χ1v) is 9.90. The molecule has 3 rings (SSSR count). The molecule has 1 N–H and O–H groups in total. The molecule has 0 aliphatic carbocycles. The number of piperidine rings is 1. The number of ether oxygens (including phenoxy) is 1. The van der Waals surface area contributed by atoms with Crippen LogP contribution in [0.15, 0.2) is 29.3 Å². The molecule has 0 bridgehead atoms. The van der Waals surface area contributed by atoms with Crippen molar-refractivity contribution >= 4 is 33.5 Å². The molecule has 2 heterocycles. The Kier molecular flexibility index (Phi) is 6.44. The van der Waals surface area contributed by atoms with Crippen molar-refractivity contribution in [2.75, 3.05) is 33.8 Å². The molecule has 140 valence electrons. The van der Waals surface area contributed by atoms with Gasteiger partial charge in [-0.3, -0.25) is 9.79 Å². The molecule has 1 fully saturated rings. The van der Waals surface area contributed by atoms with Crippen LogP contribution in [-0.4, -0.2) is 55.6 Å². The Labute approximate surface area is 158 Å². The molecule has 1 aromatic heterocycles. The number of aliphatic imine (C=N–C) groups is 1. The fourth-order valence-corrected chi connectivity index (χ4v) is 4.30. The highest BCUT2D eigenvalue weighted by molar-refractivity contribution is 7.18. The van der Waals surface area contributed by atoms with Crippen LogP contribution < -0.4 is 5.32 Å². The number of hydrogen-bond donors (Lipinski definition) is 1. The summed E-state index contributed by atoms with van der Waals surface area (Å²) < 4.78 is 6.10. The summed E-state index contributed by atoms with van der Waals surface area (Å²) in [5, 5.41) is 4.62. The van der Waals surface area contributed by atoms with Crippen LogP contribution in [0, 0.1) is 5.92 Å². The molecule has 0 unspecified atom stereocenters. The minimum atomic E-state index is -0.0940. The Morgan fingerprint density at radius 3 is 2.85 bits per heavy atom. The van der Waals surface area contributed by atoms with Crippen LogP contribution in [0.2, 0.25) is 0 Å². The number of likely N-dealkylation sites (tertiary alicyclic amines) is 1. The summed E-state index contributed by atoms with van der Waals surface area (Å²) in [5.41, 5.74) is 1.09. The van der Waals surface area contributed by atoms with Crippen molar-refractivity contribution in [2.24, 2.45) is 10.9 Å². The molecular formula is C19H26N4O2S. The van der Waals surface area contributed by atoms with E-state index in [9.17, 15) is 4.79 Å². The van der Waals surface area contributed by atoms with Gasteiger partial charge in [-0.05, 0) is 31.4 Å². The standard InChI is InChI=1S/C19H26N4O2S/c1-20-19(23-12-9-14(10-13-23)18(24)25-2)21-11-5-8-17-22-15-6-3-4-7-16(15)26-17/h3-4,6-7,14H,5,8-13H2,1-2H3,(H,20,21). The second kappa shape index (κ2) is 8.98. The minimum absolute atomic E-state index is 0.0217. The number of aryl methyl sites for hydroxylation is 1. The van der Waals surface area contributed by atoms with Gasteiger partial charge in [0, 0.05) is 33.1 Å². The molecule has 6 nitrogen and oxygen atoms in total. The highest BCUT2D eigenvalue weighted by Gasteiger charge is 2.26. The molecule has 7 heteroatoms. The number of methoxy groups -OCH3 is 1. The monoisotopic (exact) mass is 374 g/mol. The number of guanidine groups is 1. The average Bonchev–Trinajstić information content (AvgIpc) is 3.10. The Balaban J connectivity index is 1.42.